The van der Waals surface area contributed by atoms with Crippen LogP contribution >= 0.6 is 0 Å². The zero-order chi connectivity index (χ0) is 19.8. The number of nitrogens with one attached hydrogen (secondary N) is 2. The van der Waals surface area contributed by atoms with Gasteiger partial charge in [-0.25, -0.2) is 4.79 Å². The Bertz CT molecular complexity index is 868. The van der Waals surface area contributed by atoms with Crippen LogP contribution in [0.3, 0.4) is 0 Å². The first kappa shape index (κ1) is 19.3. The third-order valence-electron chi connectivity index (χ3n) is 4.44. The average Bonchev–Trinajstić information content (AvgIpc) is 2.73. The molecule has 1 saturated heterocycles. The highest BCUT2D eigenvalue weighted by molar-refractivity contribution is 6.04. The Balaban J connectivity index is 1.65. The number of nitrogens with zero attached hydrogens (tertiary/aromatic N) is 1. The number of amides is 3. The van der Waals surface area contributed by atoms with Gasteiger partial charge >= 0.3 is 6.09 Å². The van der Waals surface area contributed by atoms with Crippen LogP contribution in [0.5, 0.6) is 0 Å². The van der Waals surface area contributed by atoms with Crippen molar-refractivity contribution in [1.82, 2.24) is 10.6 Å². The van der Waals surface area contributed by atoms with Crippen LogP contribution in [0.15, 0.2) is 65.7 Å². The number of aliphatic imine (C=N–C) groups is 1. The molecule has 0 radical (unpaired) electrons. The molecule has 1 aliphatic rings. The highest BCUT2D eigenvalue weighted by Crippen LogP contribution is 2.22. The Morgan fingerprint density at radius 3 is 2.46 bits per heavy atom. The van der Waals surface area contributed by atoms with Gasteiger partial charge in [-0.15, -0.1) is 0 Å². The number of carbonyl (C=O) groups is 3. The quantitative estimate of drug-likeness (QED) is 0.594. The lowest BCUT2D eigenvalue weighted by molar-refractivity contribution is -0.137. The van der Waals surface area contributed by atoms with Crippen LogP contribution in [0.2, 0.25) is 0 Å². The van der Waals surface area contributed by atoms with Crippen molar-refractivity contribution in [2.75, 3.05) is 6.54 Å². The molecular weight excluding hydrogens is 358 g/mol. The maximum absolute atomic E-state index is 12.5. The minimum atomic E-state index is -1.25. The molecule has 2 aromatic carbocycles. The van der Waals surface area contributed by atoms with Gasteiger partial charge in [-0.1, -0.05) is 60.7 Å². The van der Waals surface area contributed by atoms with E-state index in [9.17, 15) is 14.4 Å². The molecule has 3 rings (SSSR count). The largest absolute Gasteiger partial charge is 0.445 e. The van der Waals surface area contributed by atoms with Crippen LogP contribution in [0.1, 0.15) is 24.0 Å². The zero-order valence-corrected chi connectivity index (χ0v) is 15.3. The molecule has 1 fully saturated rings. The molecule has 1 unspecified atom stereocenters. The lowest BCUT2D eigenvalue weighted by Crippen LogP contribution is -2.57. The van der Waals surface area contributed by atoms with Gasteiger partial charge in [0.15, 0.2) is 5.54 Å². The van der Waals surface area contributed by atoms with Crippen molar-refractivity contribution in [3.8, 4) is 0 Å². The number of hydrogen-bond donors (Lipinski definition) is 2. The second-order valence-corrected chi connectivity index (χ2v) is 6.49. The Morgan fingerprint density at radius 1 is 1.11 bits per heavy atom. The summed E-state index contributed by atoms with van der Waals surface area (Å²) in [5, 5.41) is 4.90. The number of imide groups is 1. The van der Waals surface area contributed by atoms with E-state index in [1.165, 1.54) is 0 Å². The Labute approximate surface area is 162 Å². The van der Waals surface area contributed by atoms with Crippen molar-refractivity contribution in [1.29, 1.82) is 0 Å². The van der Waals surface area contributed by atoms with Crippen molar-refractivity contribution in [3.63, 3.8) is 0 Å². The summed E-state index contributed by atoms with van der Waals surface area (Å²) in [5.41, 5.74) is 0.420. The van der Waals surface area contributed by atoms with Gasteiger partial charge in [0.1, 0.15) is 6.61 Å². The Morgan fingerprint density at radius 2 is 1.79 bits per heavy atom. The maximum Gasteiger partial charge on any atom is 0.407 e. The van der Waals surface area contributed by atoms with E-state index >= 15 is 0 Å². The fraction of sp³-hybridized carbons (Fsp3) is 0.238. The van der Waals surface area contributed by atoms with Crippen molar-refractivity contribution in [3.05, 3.63) is 71.8 Å². The SMILES string of the molecule is O=C1CCC(CNC(=O)OCc2ccccc2)(N=Cc2ccccc2)C(=O)N1. The van der Waals surface area contributed by atoms with Crippen molar-refractivity contribution >= 4 is 24.1 Å². The second-order valence-electron chi connectivity index (χ2n) is 6.49. The van der Waals surface area contributed by atoms with Crippen LogP contribution in [0.4, 0.5) is 4.79 Å². The molecule has 28 heavy (non-hydrogen) atoms. The maximum atomic E-state index is 12.5. The number of hydrogen-bond acceptors (Lipinski definition) is 5. The number of rotatable bonds is 6. The molecular formula is C21H21N3O4. The topological polar surface area (TPSA) is 96.9 Å². The minimum Gasteiger partial charge on any atom is -0.445 e. The van der Waals surface area contributed by atoms with Gasteiger partial charge in [-0.2, -0.15) is 0 Å². The average molecular weight is 379 g/mol. The summed E-state index contributed by atoms with van der Waals surface area (Å²) < 4.78 is 5.18. The van der Waals surface area contributed by atoms with Crippen molar-refractivity contribution < 1.29 is 19.1 Å². The lowest BCUT2D eigenvalue weighted by atomic mass is 9.89. The molecule has 0 aromatic heterocycles. The molecule has 2 aromatic rings. The normalized spacial score (nSPS) is 19.3. The third kappa shape index (κ3) is 5.03. The monoisotopic (exact) mass is 379 g/mol. The van der Waals surface area contributed by atoms with Crippen LogP contribution in [0, 0.1) is 0 Å². The van der Waals surface area contributed by atoms with Crippen molar-refractivity contribution in [2.24, 2.45) is 4.99 Å². The zero-order valence-electron chi connectivity index (χ0n) is 15.3. The molecule has 7 heteroatoms. The van der Waals surface area contributed by atoms with E-state index in [1.54, 1.807) is 6.21 Å². The van der Waals surface area contributed by atoms with Gasteiger partial charge < -0.3 is 10.1 Å². The number of alkyl carbamates (subject to hydrolysis) is 1. The summed E-state index contributed by atoms with van der Waals surface area (Å²) in [6, 6.07) is 18.6. The summed E-state index contributed by atoms with van der Waals surface area (Å²) in [6.45, 7) is 0.0563. The van der Waals surface area contributed by atoms with Crippen LogP contribution < -0.4 is 10.6 Å². The standard InChI is InChI=1S/C21H21N3O4/c25-18-11-12-21(19(26)24-18,23-13-16-7-3-1-4-8-16)15-22-20(27)28-14-17-9-5-2-6-10-17/h1-10,13H,11-12,14-15H2,(H,22,27)(H,24,25,26). The summed E-state index contributed by atoms with van der Waals surface area (Å²) >= 11 is 0. The summed E-state index contributed by atoms with van der Waals surface area (Å²) in [6.07, 6.45) is 1.29. The number of benzene rings is 2. The third-order valence-corrected chi connectivity index (χ3v) is 4.44. The van der Waals surface area contributed by atoms with Gasteiger partial charge in [0.2, 0.25) is 5.91 Å². The van der Waals surface area contributed by atoms with Gasteiger partial charge in [-0.05, 0) is 17.5 Å². The predicted molar refractivity (Wildman–Crippen MR) is 104 cm³/mol. The van der Waals surface area contributed by atoms with Gasteiger partial charge in [0.05, 0.1) is 6.54 Å². The summed E-state index contributed by atoms with van der Waals surface area (Å²) in [5.74, 6) is -0.874. The highest BCUT2D eigenvalue weighted by atomic mass is 16.5. The van der Waals surface area contributed by atoms with Crippen molar-refractivity contribution in [2.45, 2.75) is 25.0 Å². The van der Waals surface area contributed by atoms with E-state index in [-0.39, 0.29) is 31.9 Å². The smallest absolute Gasteiger partial charge is 0.407 e. The van der Waals surface area contributed by atoms with Crippen LogP contribution in [-0.2, 0) is 20.9 Å². The highest BCUT2D eigenvalue weighted by Gasteiger charge is 2.42. The first-order valence-corrected chi connectivity index (χ1v) is 8.96. The number of ether oxygens (including phenoxy) is 1. The van der Waals surface area contributed by atoms with Gasteiger partial charge in [0, 0.05) is 12.6 Å². The molecule has 2 N–H and O–H groups in total. The molecule has 7 nitrogen and oxygen atoms in total. The van der Waals surface area contributed by atoms with Crippen LogP contribution in [-0.4, -0.2) is 36.2 Å². The molecule has 1 heterocycles. The van der Waals surface area contributed by atoms with Gasteiger partial charge in [-0.3, -0.25) is 19.9 Å². The molecule has 0 spiro atoms. The Hall–Kier alpha value is -3.48. The van der Waals surface area contributed by atoms with Gasteiger partial charge in [0.25, 0.3) is 5.91 Å². The van der Waals surface area contributed by atoms with Crippen LogP contribution in [0.25, 0.3) is 0 Å². The van der Waals surface area contributed by atoms with E-state index in [0.29, 0.717) is 0 Å². The summed E-state index contributed by atoms with van der Waals surface area (Å²) in [4.78, 5) is 40.5. The molecule has 1 aliphatic heterocycles. The second kappa shape index (κ2) is 8.94. The molecule has 1 atom stereocenters. The minimum absolute atomic E-state index is 0.0664. The molecule has 144 valence electrons. The number of piperidine rings is 1. The predicted octanol–water partition coefficient (Wildman–Crippen LogP) is 2.21. The van der Waals surface area contributed by atoms with E-state index in [1.807, 2.05) is 60.7 Å². The molecule has 0 aliphatic carbocycles. The molecule has 0 saturated carbocycles. The fourth-order valence-corrected chi connectivity index (χ4v) is 2.81. The van der Waals surface area contributed by atoms with E-state index in [4.69, 9.17) is 4.74 Å². The first-order valence-electron chi connectivity index (χ1n) is 8.96. The van der Waals surface area contributed by atoms with E-state index in [0.717, 1.165) is 11.1 Å². The van der Waals surface area contributed by atoms with E-state index in [2.05, 4.69) is 15.6 Å². The van der Waals surface area contributed by atoms with E-state index < -0.39 is 17.5 Å². The number of carbonyl (C=O) groups excluding carboxylic acids is 3. The summed E-state index contributed by atoms with van der Waals surface area (Å²) in [7, 11) is 0. The fourth-order valence-electron chi connectivity index (χ4n) is 2.81. The lowest BCUT2D eigenvalue weighted by Gasteiger charge is -2.31. The first-order chi connectivity index (χ1) is 13.6. The Kier molecular flexibility index (Phi) is 6.16. The molecule has 0 bridgehead atoms. The molecule has 3 amide bonds.